The molecule has 4 rings (SSSR count). The third-order valence-corrected chi connectivity index (χ3v) is 6.90. The number of aryl methyl sites for hydroxylation is 3. The molecule has 36 heavy (non-hydrogen) atoms. The minimum Gasteiger partial charge on any atom is -0.481 e. The number of aliphatic carboxylic acids is 1. The van der Waals surface area contributed by atoms with Crippen molar-refractivity contribution >= 4 is 22.8 Å². The van der Waals surface area contributed by atoms with E-state index >= 15 is 0 Å². The summed E-state index contributed by atoms with van der Waals surface area (Å²) in [4.78, 5) is 37.5. The monoisotopic (exact) mass is 492 g/mol. The van der Waals surface area contributed by atoms with Gasteiger partial charge in [0.05, 0.1) is 11.6 Å². The van der Waals surface area contributed by atoms with Crippen LogP contribution in [-0.4, -0.2) is 39.7 Å². The van der Waals surface area contributed by atoms with Crippen molar-refractivity contribution in [3.63, 3.8) is 0 Å². The van der Waals surface area contributed by atoms with Crippen molar-refractivity contribution in [2.24, 2.45) is 0 Å². The SMILES string of the molecule is CCc1cc2c(cc1CC)CC(NCC(O)c1c(C)cc(OC(=O)CC(=O)O)c3[nH]c(=O)ccc13)C2. The van der Waals surface area contributed by atoms with Crippen LogP contribution >= 0.6 is 0 Å². The van der Waals surface area contributed by atoms with Crippen LogP contribution in [0.5, 0.6) is 5.75 Å². The third kappa shape index (κ3) is 5.34. The lowest BCUT2D eigenvalue weighted by molar-refractivity contribution is -0.145. The van der Waals surface area contributed by atoms with E-state index in [0.717, 1.165) is 25.7 Å². The Morgan fingerprint density at radius 1 is 1.11 bits per heavy atom. The number of benzene rings is 2. The number of H-pyrrole nitrogens is 1. The molecule has 4 N–H and O–H groups in total. The average molecular weight is 493 g/mol. The van der Waals surface area contributed by atoms with E-state index in [1.54, 1.807) is 19.1 Å². The number of aromatic nitrogens is 1. The molecule has 190 valence electrons. The van der Waals surface area contributed by atoms with Gasteiger partial charge in [0.25, 0.3) is 0 Å². The summed E-state index contributed by atoms with van der Waals surface area (Å²) in [5, 5.41) is 24.1. The largest absolute Gasteiger partial charge is 0.481 e. The first kappa shape index (κ1) is 25.6. The van der Waals surface area contributed by atoms with Crippen LogP contribution in [-0.2, 0) is 35.3 Å². The van der Waals surface area contributed by atoms with Gasteiger partial charge in [-0.3, -0.25) is 14.4 Å². The number of rotatable bonds is 9. The lowest BCUT2D eigenvalue weighted by Gasteiger charge is -2.21. The molecule has 0 bridgehead atoms. The molecule has 0 saturated carbocycles. The zero-order chi connectivity index (χ0) is 26.0. The highest BCUT2D eigenvalue weighted by Gasteiger charge is 2.25. The molecular formula is C28H32N2O6. The first-order valence-electron chi connectivity index (χ1n) is 12.3. The number of carboxylic acid groups (broad SMARTS) is 1. The number of hydrogen-bond acceptors (Lipinski definition) is 6. The summed E-state index contributed by atoms with van der Waals surface area (Å²) in [5.74, 6) is -2.19. The molecule has 0 radical (unpaired) electrons. The maximum Gasteiger partial charge on any atom is 0.322 e. The highest BCUT2D eigenvalue weighted by Crippen LogP contribution is 2.33. The van der Waals surface area contributed by atoms with E-state index < -0.39 is 30.0 Å². The Labute approximate surface area is 209 Å². The van der Waals surface area contributed by atoms with E-state index in [9.17, 15) is 19.5 Å². The van der Waals surface area contributed by atoms with E-state index in [-0.39, 0.29) is 17.3 Å². The van der Waals surface area contributed by atoms with Crippen molar-refractivity contribution < 1.29 is 24.5 Å². The van der Waals surface area contributed by atoms with Gasteiger partial charge in [-0.25, -0.2) is 0 Å². The first-order valence-corrected chi connectivity index (χ1v) is 12.3. The van der Waals surface area contributed by atoms with Crippen LogP contribution in [0.1, 0.15) is 59.8 Å². The van der Waals surface area contributed by atoms with Crippen LogP contribution in [0.3, 0.4) is 0 Å². The van der Waals surface area contributed by atoms with Crippen LogP contribution in [0.15, 0.2) is 35.1 Å². The molecular weight excluding hydrogens is 460 g/mol. The number of fused-ring (bicyclic) bond motifs is 2. The fourth-order valence-corrected chi connectivity index (χ4v) is 5.21. The second kappa shape index (κ2) is 10.6. The second-order valence-electron chi connectivity index (χ2n) is 9.39. The number of aliphatic hydroxyl groups is 1. The summed E-state index contributed by atoms with van der Waals surface area (Å²) in [6, 6.07) is 9.33. The molecule has 3 aromatic rings. The van der Waals surface area contributed by atoms with Crippen molar-refractivity contribution in [1.82, 2.24) is 10.3 Å². The number of hydrogen-bond donors (Lipinski definition) is 4. The smallest absolute Gasteiger partial charge is 0.322 e. The molecule has 0 spiro atoms. The number of carbonyl (C=O) groups excluding carboxylic acids is 1. The van der Waals surface area contributed by atoms with Gasteiger partial charge in [-0.1, -0.05) is 26.0 Å². The number of aliphatic hydroxyl groups excluding tert-OH is 1. The molecule has 0 fully saturated rings. The topological polar surface area (TPSA) is 129 Å². The van der Waals surface area contributed by atoms with Crippen LogP contribution in [0.4, 0.5) is 0 Å². The first-order chi connectivity index (χ1) is 17.2. The van der Waals surface area contributed by atoms with Gasteiger partial charge >= 0.3 is 11.9 Å². The minimum absolute atomic E-state index is 0.0556. The van der Waals surface area contributed by atoms with Gasteiger partial charge in [0.2, 0.25) is 5.56 Å². The van der Waals surface area contributed by atoms with E-state index in [1.807, 2.05) is 0 Å². The Bertz CT molecular complexity index is 1340. The van der Waals surface area contributed by atoms with Crippen molar-refractivity contribution in [1.29, 1.82) is 0 Å². The van der Waals surface area contributed by atoms with E-state index in [2.05, 4.69) is 36.3 Å². The van der Waals surface area contributed by atoms with Crippen molar-refractivity contribution in [3.05, 3.63) is 74.1 Å². The van der Waals surface area contributed by atoms with Crippen LogP contribution < -0.4 is 15.6 Å². The quantitative estimate of drug-likeness (QED) is 0.205. The van der Waals surface area contributed by atoms with Crippen LogP contribution in [0.2, 0.25) is 0 Å². The van der Waals surface area contributed by atoms with Crippen molar-refractivity contribution in [2.45, 2.75) is 65.0 Å². The Hall–Kier alpha value is -3.49. The zero-order valence-electron chi connectivity index (χ0n) is 20.8. The summed E-state index contributed by atoms with van der Waals surface area (Å²) in [6.45, 7) is 6.45. The predicted octanol–water partition coefficient (Wildman–Crippen LogP) is 3.13. The number of ether oxygens (including phenoxy) is 1. The molecule has 1 aliphatic carbocycles. The van der Waals surface area contributed by atoms with Gasteiger partial charge in [0.15, 0.2) is 5.75 Å². The average Bonchev–Trinajstić information content (AvgIpc) is 3.23. The summed E-state index contributed by atoms with van der Waals surface area (Å²) in [5.41, 5.74) is 6.65. The molecule has 0 amide bonds. The Morgan fingerprint density at radius 2 is 1.75 bits per heavy atom. The number of carbonyl (C=O) groups is 2. The molecule has 8 heteroatoms. The molecule has 0 aliphatic heterocycles. The fraction of sp³-hybridized carbons (Fsp3) is 0.393. The fourth-order valence-electron chi connectivity index (χ4n) is 5.21. The maximum atomic E-state index is 12.0. The number of nitrogens with one attached hydrogen (secondary N) is 2. The van der Waals surface area contributed by atoms with Crippen LogP contribution in [0.25, 0.3) is 10.9 Å². The Balaban J connectivity index is 1.54. The van der Waals surface area contributed by atoms with Gasteiger partial charge < -0.3 is 25.3 Å². The minimum atomic E-state index is -1.31. The molecule has 1 unspecified atom stereocenters. The number of pyridine rings is 1. The van der Waals surface area contributed by atoms with Gasteiger partial charge in [-0.15, -0.1) is 0 Å². The van der Waals surface area contributed by atoms with Gasteiger partial charge in [-0.05, 0) is 78.1 Å². The molecule has 2 aromatic carbocycles. The van der Waals surface area contributed by atoms with Gasteiger partial charge in [0.1, 0.15) is 6.42 Å². The normalized spacial score (nSPS) is 14.1. The van der Waals surface area contributed by atoms with E-state index in [1.165, 1.54) is 28.3 Å². The van der Waals surface area contributed by atoms with E-state index in [0.29, 0.717) is 23.1 Å². The molecule has 1 aliphatic rings. The molecule has 1 heterocycles. The summed E-state index contributed by atoms with van der Waals surface area (Å²) in [6.07, 6.45) is 2.18. The lowest BCUT2D eigenvalue weighted by Crippen LogP contribution is -2.33. The second-order valence-corrected chi connectivity index (χ2v) is 9.39. The predicted molar refractivity (Wildman–Crippen MR) is 137 cm³/mol. The van der Waals surface area contributed by atoms with E-state index in [4.69, 9.17) is 9.84 Å². The Morgan fingerprint density at radius 3 is 2.33 bits per heavy atom. The maximum absolute atomic E-state index is 12.0. The van der Waals surface area contributed by atoms with Gasteiger partial charge in [-0.2, -0.15) is 0 Å². The van der Waals surface area contributed by atoms with Crippen LogP contribution in [0, 0.1) is 6.92 Å². The van der Waals surface area contributed by atoms with Crippen molar-refractivity contribution in [2.75, 3.05) is 6.54 Å². The standard InChI is InChI=1S/C28H32N2O6/c1-4-16-9-18-11-20(12-19(18)10-17(16)5-2)29-14-22(31)27-15(3)8-23(36-26(35)13-25(33)34)28-21(27)6-7-24(32)30-28/h6-10,20,22,29,31H,4-5,11-14H2,1-3H3,(H,30,32)(H,33,34). The number of carboxylic acids is 1. The third-order valence-electron chi connectivity index (χ3n) is 6.90. The summed E-state index contributed by atoms with van der Waals surface area (Å²) >= 11 is 0. The molecule has 0 saturated heterocycles. The number of aromatic amines is 1. The van der Waals surface area contributed by atoms with Gasteiger partial charge in [0, 0.05) is 24.0 Å². The highest BCUT2D eigenvalue weighted by atomic mass is 16.5. The lowest BCUT2D eigenvalue weighted by atomic mass is 9.97. The zero-order valence-corrected chi connectivity index (χ0v) is 20.8. The molecule has 1 atom stereocenters. The Kier molecular flexibility index (Phi) is 7.56. The molecule has 8 nitrogen and oxygen atoms in total. The summed E-state index contributed by atoms with van der Waals surface area (Å²) in [7, 11) is 0. The highest BCUT2D eigenvalue weighted by molar-refractivity contribution is 5.95. The summed E-state index contributed by atoms with van der Waals surface area (Å²) < 4.78 is 5.24. The number of esters is 1. The molecule has 1 aromatic heterocycles. The van der Waals surface area contributed by atoms with Crippen molar-refractivity contribution in [3.8, 4) is 5.75 Å².